The second-order valence-corrected chi connectivity index (χ2v) is 10.3. The molecule has 1 aromatic rings. The first-order valence-electron chi connectivity index (χ1n) is 9.01. The molecule has 2 saturated heterocycles. The molecule has 2 amide bonds. The zero-order valence-electron chi connectivity index (χ0n) is 15.6. The second-order valence-electron chi connectivity index (χ2n) is 7.41. The van der Waals surface area contributed by atoms with E-state index in [4.69, 9.17) is 0 Å². The normalized spacial score (nSPS) is 24.2. The van der Waals surface area contributed by atoms with Gasteiger partial charge in [0.1, 0.15) is 6.54 Å². The molecule has 0 saturated carbocycles. The zero-order chi connectivity index (χ0) is 19.6. The number of hydrogen-bond acceptors (Lipinski definition) is 5. The Labute approximate surface area is 164 Å². The molecule has 2 aliphatic heterocycles. The third-order valence-electron chi connectivity index (χ3n) is 4.77. The SMILES string of the molecule is C[C@H]1C[C@H](C)CN(S(=O)(=O)c2ccc(NC(=O)CN3CSCC3=O)cc2)C1. The molecule has 2 heterocycles. The van der Waals surface area contributed by atoms with E-state index in [-0.39, 0.29) is 23.3 Å². The summed E-state index contributed by atoms with van der Waals surface area (Å²) in [7, 11) is -3.53. The summed E-state index contributed by atoms with van der Waals surface area (Å²) in [5.41, 5.74) is 0.513. The molecule has 9 heteroatoms. The fraction of sp³-hybridized carbons (Fsp3) is 0.556. The fourth-order valence-corrected chi connectivity index (χ4v) is 6.16. The minimum absolute atomic E-state index is 0.00936. The standard InChI is InChI=1S/C18H25N3O4S2/c1-13-7-14(2)9-21(8-13)27(24,25)16-5-3-15(4-6-16)19-17(22)10-20-12-26-11-18(20)23/h3-6,13-14H,7-12H2,1-2H3,(H,19,22)/t13-,14-/m0/s1. The number of sulfonamides is 1. The van der Waals surface area contributed by atoms with E-state index >= 15 is 0 Å². The lowest BCUT2D eigenvalue weighted by atomic mass is 9.94. The molecule has 0 aromatic heterocycles. The molecule has 148 valence electrons. The van der Waals surface area contributed by atoms with Crippen molar-refractivity contribution in [2.75, 3.05) is 36.6 Å². The van der Waals surface area contributed by atoms with Gasteiger partial charge in [-0.05, 0) is 42.5 Å². The van der Waals surface area contributed by atoms with Gasteiger partial charge in [0.05, 0.1) is 16.5 Å². The van der Waals surface area contributed by atoms with Gasteiger partial charge < -0.3 is 10.2 Å². The number of carbonyl (C=O) groups is 2. The Morgan fingerprint density at radius 1 is 1.19 bits per heavy atom. The summed E-state index contributed by atoms with van der Waals surface area (Å²) in [5.74, 6) is 1.28. The van der Waals surface area contributed by atoms with Gasteiger partial charge in [-0.1, -0.05) is 13.8 Å². The molecule has 2 fully saturated rings. The van der Waals surface area contributed by atoms with Gasteiger partial charge in [-0.15, -0.1) is 11.8 Å². The van der Waals surface area contributed by atoms with Crippen LogP contribution in [-0.4, -0.2) is 60.7 Å². The van der Waals surface area contributed by atoms with Crippen LogP contribution in [0.4, 0.5) is 5.69 Å². The van der Waals surface area contributed by atoms with Crippen molar-refractivity contribution in [3.63, 3.8) is 0 Å². The summed E-state index contributed by atoms with van der Waals surface area (Å²) < 4.78 is 27.3. The monoisotopic (exact) mass is 411 g/mol. The van der Waals surface area contributed by atoms with Gasteiger partial charge >= 0.3 is 0 Å². The number of benzene rings is 1. The van der Waals surface area contributed by atoms with Crippen LogP contribution in [0.15, 0.2) is 29.2 Å². The highest BCUT2D eigenvalue weighted by Crippen LogP contribution is 2.27. The molecule has 1 aromatic carbocycles. The van der Waals surface area contributed by atoms with Gasteiger partial charge in [0, 0.05) is 18.8 Å². The Bertz CT molecular complexity index is 800. The molecule has 3 rings (SSSR count). The van der Waals surface area contributed by atoms with E-state index in [2.05, 4.69) is 19.2 Å². The maximum Gasteiger partial charge on any atom is 0.244 e. The first-order chi connectivity index (χ1) is 12.8. The van der Waals surface area contributed by atoms with Crippen LogP contribution in [-0.2, 0) is 19.6 Å². The number of piperidine rings is 1. The van der Waals surface area contributed by atoms with Crippen LogP contribution < -0.4 is 5.32 Å². The van der Waals surface area contributed by atoms with Gasteiger partial charge in [0.25, 0.3) is 0 Å². The Hall–Kier alpha value is -1.58. The highest BCUT2D eigenvalue weighted by Gasteiger charge is 2.31. The molecule has 27 heavy (non-hydrogen) atoms. The van der Waals surface area contributed by atoms with Crippen molar-refractivity contribution in [3.8, 4) is 0 Å². The molecular formula is C18H25N3O4S2. The second kappa shape index (κ2) is 8.20. The molecular weight excluding hydrogens is 386 g/mol. The largest absolute Gasteiger partial charge is 0.325 e. The Balaban J connectivity index is 1.64. The zero-order valence-corrected chi connectivity index (χ0v) is 17.2. The Morgan fingerprint density at radius 3 is 2.37 bits per heavy atom. The Kier molecular flexibility index (Phi) is 6.12. The van der Waals surface area contributed by atoms with E-state index in [0.29, 0.717) is 42.2 Å². The molecule has 0 unspecified atom stereocenters. The van der Waals surface area contributed by atoms with E-state index in [0.717, 1.165) is 6.42 Å². The van der Waals surface area contributed by atoms with Crippen molar-refractivity contribution in [1.82, 2.24) is 9.21 Å². The van der Waals surface area contributed by atoms with Gasteiger partial charge in [-0.3, -0.25) is 9.59 Å². The topological polar surface area (TPSA) is 86.8 Å². The summed E-state index contributed by atoms with van der Waals surface area (Å²) in [6.07, 6.45) is 1.04. The van der Waals surface area contributed by atoms with Crippen molar-refractivity contribution in [3.05, 3.63) is 24.3 Å². The third kappa shape index (κ3) is 4.83. The van der Waals surface area contributed by atoms with Gasteiger partial charge in [-0.25, -0.2) is 8.42 Å². The number of anilines is 1. The van der Waals surface area contributed by atoms with E-state index in [1.807, 2.05) is 0 Å². The molecule has 2 atom stereocenters. The lowest BCUT2D eigenvalue weighted by Gasteiger charge is -2.34. The summed E-state index contributed by atoms with van der Waals surface area (Å²) in [6.45, 7) is 5.22. The first-order valence-corrected chi connectivity index (χ1v) is 11.6. The minimum atomic E-state index is -3.53. The van der Waals surface area contributed by atoms with Crippen LogP contribution in [0.3, 0.4) is 0 Å². The average Bonchev–Trinajstić information content (AvgIpc) is 2.99. The maximum absolute atomic E-state index is 12.9. The highest BCUT2D eigenvalue weighted by molar-refractivity contribution is 8.00. The lowest BCUT2D eigenvalue weighted by Crippen LogP contribution is -2.42. The number of amides is 2. The molecule has 0 bridgehead atoms. The van der Waals surface area contributed by atoms with Gasteiger partial charge in [-0.2, -0.15) is 4.31 Å². The van der Waals surface area contributed by atoms with Crippen LogP contribution >= 0.6 is 11.8 Å². The molecule has 0 radical (unpaired) electrons. The predicted octanol–water partition coefficient (Wildman–Crippen LogP) is 1.82. The minimum Gasteiger partial charge on any atom is -0.325 e. The lowest BCUT2D eigenvalue weighted by molar-refractivity contribution is -0.130. The van der Waals surface area contributed by atoms with Crippen LogP contribution in [0, 0.1) is 11.8 Å². The van der Waals surface area contributed by atoms with E-state index in [9.17, 15) is 18.0 Å². The van der Waals surface area contributed by atoms with E-state index in [1.54, 1.807) is 16.4 Å². The molecule has 2 aliphatic rings. The predicted molar refractivity (Wildman–Crippen MR) is 106 cm³/mol. The van der Waals surface area contributed by atoms with Gasteiger partial charge in [0.2, 0.25) is 21.8 Å². The van der Waals surface area contributed by atoms with Crippen molar-refractivity contribution in [2.24, 2.45) is 11.8 Å². The number of nitrogens with one attached hydrogen (secondary N) is 1. The highest BCUT2D eigenvalue weighted by atomic mass is 32.2. The van der Waals surface area contributed by atoms with Gasteiger partial charge in [0.15, 0.2) is 0 Å². The van der Waals surface area contributed by atoms with E-state index in [1.165, 1.54) is 28.8 Å². The number of nitrogens with zero attached hydrogens (tertiary/aromatic N) is 2. The number of rotatable bonds is 5. The van der Waals surface area contributed by atoms with Crippen molar-refractivity contribution < 1.29 is 18.0 Å². The maximum atomic E-state index is 12.9. The van der Waals surface area contributed by atoms with Crippen LogP contribution in [0.1, 0.15) is 20.3 Å². The van der Waals surface area contributed by atoms with Crippen LogP contribution in [0.25, 0.3) is 0 Å². The third-order valence-corrected chi connectivity index (χ3v) is 7.56. The first kappa shape index (κ1) is 20.2. The summed E-state index contributed by atoms with van der Waals surface area (Å²) in [5, 5.41) is 2.71. The fourth-order valence-electron chi connectivity index (χ4n) is 3.58. The number of hydrogen-bond donors (Lipinski definition) is 1. The summed E-state index contributed by atoms with van der Waals surface area (Å²) >= 11 is 1.48. The molecule has 7 nitrogen and oxygen atoms in total. The quantitative estimate of drug-likeness (QED) is 0.799. The van der Waals surface area contributed by atoms with Crippen molar-refractivity contribution in [2.45, 2.75) is 25.2 Å². The average molecular weight is 412 g/mol. The van der Waals surface area contributed by atoms with Crippen molar-refractivity contribution in [1.29, 1.82) is 0 Å². The summed E-state index contributed by atoms with van der Waals surface area (Å²) in [4.78, 5) is 25.4. The summed E-state index contributed by atoms with van der Waals surface area (Å²) in [6, 6.07) is 6.21. The number of thioether (sulfide) groups is 1. The molecule has 0 spiro atoms. The van der Waals surface area contributed by atoms with E-state index < -0.39 is 10.0 Å². The van der Waals surface area contributed by atoms with Crippen LogP contribution in [0.2, 0.25) is 0 Å². The van der Waals surface area contributed by atoms with Crippen molar-refractivity contribution >= 4 is 39.3 Å². The number of carbonyl (C=O) groups excluding carboxylic acids is 2. The smallest absolute Gasteiger partial charge is 0.244 e. The molecule has 1 N–H and O–H groups in total. The molecule has 0 aliphatic carbocycles. The van der Waals surface area contributed by atoms with Crippen LogP contribution in [0.5, 0.6) is 0 Å². The Morgan fingerprint density at radius 2 is 1.81 bits per heavy atom.